The normalized spacial score (nSPS) is 22.1. The Morgan fingerprint density at radius 3 is 2.36 bits per heavy atom. The Morgan fingerprint density at radius 2 is 2.09 bits per heavy atom. The second-order valence-electron chi connectivity index (χ2n) is 3.94. The Bertz CT molecular complexity index is 107. The maximum atomic E-state index is 3.85. The van der Waals surface area contributed by atoms with Gasteiger partial charge in [0.1, 0.15) is 0 Å². The van der Waals surface area contributed by atoms with Gasteiger partial charge in [0.25, 0.3) is 0 Å². The minimum atomic E-state index is 0. The first-order chi connectivity index (χ1) is 4.67. The van der Waals surface area contributed by atoms with E-state index in [0.717, 1.165) is 6.42 Å². The van der Waals surface area contributed by atoms with E-state index in [0.29, 0.717) is 5.41 Å². The summed E-state index contributed by atoms with van der Waals surface area (Å²) in [5, 5.41) is 0. The fraction of sp³-hybridized carbons (Fsp3) is 0.800. The first kappa shape index (κ1) is 12.1. The van der Waals surface area contributed by atoms with E-state index >= 15 is 0 Å². The molecule has 0 saturated heterocycles. The van der Waals surface area contributed by atoms with Crippen molar-refractivity contribution in [3.05, 3.63) is 12.8 Å². The largest absolute Gasteiger partial charge is 0.343 e. The Labute approximate surface area is 96.4 Å². The van der Waals surface area contributed by atoms with Gasteiger partial charge in [-0.2, -0.15) is 24.7 Å². The van der Waals surface area contributed by atoms with Gasteiger partial charge in [-0.3, -0.25) is 0 Å². The van der Waals surface area contributed by atoms with Crippen molar-refractivity contribution < 1.29 is 32.7 Å². The van der Waals surface area contributed by atoms with Gasteiger partial charge < -0.3 is 12.8 Å². The van der Waals surface area contributed by atoms with Crippen molar-refractivity contribution in [2.75, 3.05) is 0 Å². The van der Waals surface area contributed by atoms with Crippen molar-refractivity contribution in [2.45, 2.75) is 46.0 Å². The summed E-state index contributed by atoms with van der Waals surface area (Å²) in [6, 6.07) is 0. The predicted octanol–water partition coefficient (Wildman–Crippen LogP) is 3.38. The van der Waals surface area contributed by atoms with E-state index in [-0.39, 0.29) is 32.7 Å². The van der Waals surface area contributed by atoms with Crippen molar-refractivity contribution in [3.63, 3.8) is 0 Å². The van der Waals surface area contributed by atoms with E-state index in [1.165, 1.54) is 25.7 Å². The molecule has 1 fully saturated rings. The molecule has 0 unspecified atom stereocenters. The first-order valence-electron chi connectivity index (χ1n) is 4.31. The third-order valence-electron chi connectivity index (χ3n) is 2.74. The average Bonchev–Trinajstić information content (AvgIpc) is 1.87. The molecule has 0 aromatic heterocycles. The van der Waals surface area contributed by atoms with Gasteiger partial charge in [-0.05, 0) is 0 Å². The second-order valence-corrected chi connectivity index (χ2v) is 3.94. The SMILES string of the molecule is [CH2-]CCC[C-]1CCC1(C)C.[Y]. The molecule has 0 aliphatic heterocycles. The molecule has 0 N–H and O–H groups in total. The number of hydrogen-bond donors (Lipinski definition) is 0. The number of rotatable bonds is 3. The molecule has 1 radical (unpaired) electrons. The van der Waals surface area contributed by atoms with Crippen molar-refractivity contribution in [1.29, 1.82) is 0 Å². The fourth-order valence-corrected chi connectivity index (χ4v) is 1.60. The molecule has 0 heterocycles. The zero-order chi connectivity index (χ0) is 7.61. The van der Waals surface area contributed by atoms with Gasteiger partial charge in [-0.25, -0.2) is 0 Å². The van der Waals surface area contributed by atoms with Crippen molar-refractivity contribution in [2.24, 2.45) is 5.41 Å². The maximum Gasteiger partial charge on any atom is 0 e. The molecule has 0 bridgehead atoms. The molecular formula is C10H18Y-2. The zero-order valence-corrected chi connectivity index (χ0v) is 10.7. The molecule has 0 amide bonds. The fourth-order valence-electron chi connectivity index (χ4n) is 1.60. The van der Waals surface area contributed by atoms with E-state index in [9.17, 15) is 0 Å². The van der Waals surface area contributed by atoms with E-state index in [2.05, 4.69) is 20.8 Å². The van der Waals surface area contributed by atoms with Crippen LogP contribution in [0.25, 0.3) is 0 Å². The third kappa shape index (κ3) is 3.15. The quantitative estimate of drug-likeness (QED) is 0.648. The molecule has 11 heavy (non-hydrogen) atoms. The monoisotopic (exact) mass is 227 g/mol. The van der Waals surface area contributed by atoms with Crippen LogP contribution in [0.15, 0.2) is 0 Å². The summed E-state index contributed by atoms with van der Waals surface area (Å²) < 4.78 is 0. The molecule has 1 saturated carbocycles. The van der Waals surface area contributed by atoms with Gasteiger partial charge in [0.05, 0.1) is 0 Å². The standard InChI is InChI=1S/C10H18.Y/c1-4-5-6-9-7-8-10(9,2)3;/h1,4-8H2,2-3H3;/q-2;. The Balaban J connectivity index is 0.000001000. The minimum absolute atomic E-state index is 0. The molecule has 0 spiro atoms. The molecule has 1 rings (SSSR count). The Kier molecular flexibility index (Phi) is 5.47. The van der Waals surface area contributed by atoms with Gasteiger partial charge in [-0.15, -0.1) is 12.8 Å². The van der Waals surface area contributed by atoms with Gasteiger partial charge >= 0.3 is 0 Å². The number of hydrogen-bond acceptors (Lipinski definition) is 0. The molecule has 0 aromatic rings. The van der Waals surface area contributed by atoms with Gasteiger partial charge in [0.2, 0.25) is 0 Å². The molecule has 1 aliphatic rings. The molecule has 0 nitrogen and oxygen atoms in total. The summed E-state index contributed by atoms with van der Waals surface area (Å²) in [5.41, 5.74) is 0.579. The van der Waals surface area contributed by atoms with Crippen LogP contribution in [0.1, 0.15) is 46.0 Å². The van der Waals surface area contributed by atoms with Crippen LogP contribution in [0.3, 0.4) is 0 Å². The summed E-state index contributed by atoms with van der Waals surface area (Å²) >= 11 is 0. The van der Waals surface area contributed by atoms with Crippen LogP contribution in [0.4, 0.5) is 0 Å². The van der Waals surface area contributed by atoms with Crippen LogP contribution >= 0.6 is 0 Å². The molecule has 0 atom stereocenters. The van der Waals surface area contributed by atoms with Crippen LogP contribution in [0, 0.1) is 18.3 Å². The van der Waals surface area contributed by atoms with Gasteiger partial charge in [0.15, 0.2) is 0 Å². The summed E-state index contributed by atoms with van der Waals surface area (Å²) in [4.78, 5) is 0. The minimum Gasteiger partial charge on any atom is -0.343 e. The van der Waals surface area contributed by atoms with Crippen LogP contribution in [-0.4, -0.2) is 0 Å². The van der Waals surface area contributed by atoms with E-state index < -0.39 is 0 Å². The van der Waals surface area contributed by atoms with Crippen LogP contribution < -0.4 is 0 Å². The predicted molar refractivity (Wildman–Crippen MR) is 45.5 cm³/mol. The topological polar surface area (TPSA) is 0 Å². The molecular weight excluding hydrogens is 209 g/mol. The smallest absolute Gasteiger partial charge is 0 e. The summed E-state index contributed by atoms with van der Waals surface area (Å²) in [6.07, 6.45) is 6.50. The molecule has 63 valence electrons. The van der Waals surface area contributed by atoms with Crippen LogP contribution in [0.5, 0.6) is 0 Å². The van der Waals surface area contributed by atoms with Crippen molar-refractivity contribution in [1.82, 2.24) is 0 Å². The second kappa shape index (κ2) is 4.97. The Hall–Kier alpha value is 1.10. The van der Waals surface area contributed by atoms with Crippen LogP contribution in [-0.2, 0) is 32.7 Å². The zero-order valence-electron chi connectivity index (χ0n) is 7.82. The van der Waals surface area contributed by atoms with Gasteiger partial charge in [0, 0.05) is 32.7 Å². The molecule has 0 aromatic carbocycles. The van der Waals surface area contributed by atoms with Crippen molar-refractivity contribution in [3.8, 4) is 0 Å². The van der Waals surface area contributed by atoms with Crippen molar-refractivity contribution >= 4 is 0 Å². The van der Waals surface area contributed by atoms with E-state index in [1.807, 2.05) is 0 Å². The van der Waals surface area contributed by atoms with Gasteiger partial charge in [-0.1, -0.05) is 13.8 Å². The number of unbranched alkanes of at least 4 members (excludes halogenated alkanes) is 1. The molecule has 1 heteroatoms. The Morgan fingerprint density at radius 1 is 1.45 bits per heavy atom. The van der Waals surface area contributed by atoms with E-state index in [1.54, 1.807) is 5.92 Å². The first-order valence-corrected chi connectivity index (χ1v) is 4.31. The maximum absolute atomic E-state index is 3.85. The van der Waals surface area contributed by atoms with Crippen LogP contribution in [0.2, 0.25) is 0 Å². The average molecular weight is 227 g/mol. The summed E-state index contributed by atoms with van der Waals surface area (Å²) in [7, 11) is 0. The van der Waals surface area contributed by atoms with E-state index in [4.69, 9.17) is 0 Å². The molecule has 1 aliphatic carbocycles. The summed E-state index contributed by atoms with van der Waals surface area (Å²) in [5.74, 6) is 1.77. The third-order valence-corrected chi connectivity index (χ3v) is 2.74. The summed E-state index contributed by atoms with van der Waals surface area (Å²) in [6.45, 7) is 8.56.